The summed E-state index contributed by atoms with van der Waals surface area (Å²) < 4.78 is 39.9. The molecule has 0 bridgehead atoms. The molecule has 2 aromatic rings. The third-order valence-corrected chi connectivity index (χ3v) is 11.4. The number of pyridine rings is 1. The lowest BCUT2D eigenvalue weighted by molar-refractivity contribution is -0.131. The Hall–Kier alpha value is -3.39. The number of ether oxygens (including phenoxy) is 2. The molecule has 0 unspecified atom stereocenters. The number of urea groups is 1. The molecule has 12 nitrogen and oxygen atoms in total. The highest BCUT2D eigenvalue weighted by molar-refractivity contribution is 9.10. The van der Waals surface area contributed by atoms with E-state index in [1.165, 1.54) is 4.90 Å². The van der Waals surface area contributed by atoms with Crippen molar-refractivity contribution in [3.63, 3.8) is 0 Å². The predicted molar refractivity (Wildman–Crippen MR) is 166 cm³/mol. The maximum absolute atomic E-state index is 13.9. The number of halogens is 1. The van der Waals surface area contributed by atoms with Gasteiger partial charge in [0.05, 0.1) is 23.4 Å². The number of carbonyl (C=O) groups excluding carboxylic acids is 3. The summed E-state index contributed by atoms with van der Waals surface area (Å²) in [6.07, 6.45) is 9.77. The second-order valence-electron chi connectivity index (χ2n) is 11.9. The number of sulfonamides is 1. The minimum absolute atomic E-state index is 0.123. The van der Waals surface area contributed by atoms with Crippen LogP contribution in [-0.2, 0) is 19.6 Å². The number of allylic oxidation sites excluding steroid dienone is 1. The molecule has 1 saturated heterocycles. The van der Waals surface area contributed by atoms with Crippen LogP contribution < -0.4 is 24.8 Å². The van der Waals surface area contributed by atoms with Crippen LogP contribution in [0, 0.1) is 5.92 Å². The van der Waals surface area contributed by atoms with E-state index < -0.39 is 50.8 Å². The highest BCUT2D eigenvalue weighted by atomic mass is 79.9. The Bertz CT molecular complexity index is 1610. The molecule has 4 atom stereocenters. The molecule has 2 saturated carbocycles. The van der Waals surface area contributed by atoms with E-state index in [2.05, 4.69) is 36.3 Å². The van der Waals surface area contributed by atoms with Crippen molar-refractivity contribution in [3.05, 3.63) is 41.0 Å². The molecule has 3 fully saturated rings. The number of aromatic nitrogens is 1. The van der Waals surface area contributed by atoms with Crippen molar-refractivity contribution < 1.29 is 32.3 Å². The first kappa shape index (κ1) is 30.6. The molecule has 3 N–H and O–H groups in total. The van der Waals surface area contributed by atoms with Crippen LogP contribution in [0.5, 0.6) is 11.6 Å². The number of hydrogen-bond donors (Lipinski definition) is 3. The number of hydrogen-bond acceptors (Lipinski definition) is 8. The summed E-state index contributed by atoms with van der Waals surface area (Å²) in [5.41, 5.74) is -1.40. The Morgan fingerprint density at radius 2 is 1.98 bits per heavy atom. The van der Waals surface area contributed by atoms with Crippen molar-refractivity contribution in [2.24, 2.45) is 5.92 Å². The average Bonchev–Trinajstić information content (AvgIpc) is 3.92. The van der Waals surface area contributed by atoms with Gasteiger partial charge in [-0.15, -0.1) is 0 Å². The van der Waals surface area contributed by atoms with E-state index in [1.54, 1.807) is 19.4 Å². The van der Waals surface area contributed by atoms with Crippen molar-refractivity contribution in [2.75, 3.05) is 20.2 Å². The van der Waals surface area contributed by atoms with Crippen LogP contribution in [0.2, 0.25) is 0 Å². The summed E-state index contributed by atoms with van der Waals surface area (Å²) >= 11 is 3.57. The second-order valence-corrected chi connectivity index (χ2v) is 14.6. The number of nitrogens with one attached hydrogen (secondary N) is 3. The van der Waals surface area contributed by atoms with Crippen LogP contribution >= 0.6 is 15.9 Å². The third-order valence-electron chi connectivity index (χ3n) is 8.79. The number of benzene rings is 1. The maximum Gasteiger partial charge on any atom is 0.318 e. The van der Waals surface area contributed by atoms with Crippen LogP contribution in [0.4, 0.5) is 4.79 Å². The predicted octanol–water partition coefficient (Wildman–Crippen LogP) is 3.15. The Balaban J connectivity index is 1.26. The van der Waals surface area contributed by atoms with Crippen LogP contribution in [-0.4, -0.2) is 79.3 Å². The van der Waals surface area contributed by atoms with Gasteiger partial charge < -0.3 is 25.0 Å². The largest absolute Gasteiger partial charge is 0.496 e. The zero-order valence-corrected chi connectivity index (χ0v) is 26.8. The molecule has 0 spiro atoms. The molecule has 6 rings (SSSR count). The normalized spacial score (nSPS) is 27.7. The van der Waals surface area contributed by atoms with Crippen molar-refractivity contribution in [2.45, 2.75) is 74.3 Å². The maximum atomic E-state index is 13.9. The summed E-state index contributed by atoms with van der Waals surface area (Å²) in [6, 6.07) is 4.14. The molecule has 2 aliphatic carbocycles. The van der Waals surface area contributed by atoms with E-state index in [9.17, 15) is 22.8 Å². The summed E-state index contributed by atoms with van der Waals surface area (Å²) in [7, 11) is -2.23. The van der Waals surface area contributed by atoms with E-state index in [0.717, 1.165) is 40.9 Å². The molecule has 1 aromatic carbocycles. The van der Waals surface area contributed by atoms with Crippen molar-refractivity contribution in [1.29, 1.82) is 0 Å². The molecule has 4 amide bonds. The minimum atomic E-state index is -3.81. The Morgan fingerprint density at radius 3 is 2.75 bits per heavy atom. The fraction of sp³-hybridized carbons (Fsp3) is 0.533. The quantitative estimate of drug-likeness (QED) is 0.391. The molecule has 3 heterocycles. The van der Waals surface area contributed by atoms with Gasteiger partial charge in [0.15, 0.2) is 0 Å². The first-order chi connectivity index (χ1) is 21.1. The van der Waals surface area contributed by atoms with Gasteiger partial charge in [0.1, 0.15) is 23.4 Å². The molecule has 1 aromatic heterocycles. The number of methoxy groups -OCH3 is 1. The molecular formula is C30H36BrN5O7S. The number of rotatable bonds is 6. The van der Waals surface area contributed by atoms with Crippen molar-refractivity contribution in [1.82, 2.24) is 25.2 Å². The van der Waals surface area contributed by atoms with Gasteiger partial charge in [-0.1, -0.05) is 18.6 Å². The van der Waals surface area contributed by atoms with Crippen LogP contribution in [0.3, 0.4) is 0 Å². The molecule has 4 aliphatic rings. The van der Waals surface area contributed by atoms with Crippen molar-refractivity contribution in [3.8, 4) is 11.6 Å². The lowest BCUT2D eigenvalue weighted by Gasteiger charge is -2.26. The molecule has 2 aliphatic heterocycles. The zero-order valence-electron chi connectivity index (χ0n) is 24.4. The topological polar surface area (TPSA) is 156 Å². The first-order valence-corrected chi connectivity index (χ1v) is 17.3. The molecule has 14 heteroatoms. The van der Waals surface area contributed by atoms with Gasteiger partial charge in [-0.25, -0.2) is 18.2 Å². The minimum Gasteiger partial charge on any atom is -0.496 e. The van der Waals surface area contributed by atoms with Gasteiger partial charge in [-0.2, -0.15) is 0 Å². The van der Waals surface area contributed by atoms with Crippen molar-refractivity contribution >= 4 is 54.6 Å². The van der Waals surface area contributed by atoms with E-state index in [-0.39, 0.29) is 25.3 Å². The zero-order chi connectivity index (χ0) is 31.1. The summed E-state index contributed by atoms with van der Waals surface area (Å²) in [5, 5.41) is 6.78. The van der Waals surface area contributed by atoms with Crippen LogP contribution in [0.25, 0.3) is 10.8 Å². The smallest absolute Gasteiger partial charge is 0.318 e. The highest BCUT2D eigenvalue weighted by Gasteiger charge is 2.62. The molecule has 236 valence electrons. The average molecular weight is 691 g/mol. The first-order valence-electron chi connectivity index (χ1n) is 15.0. The van der Waals surface area contributed by atoms with Gasteiger partial charge in [0.2, 0.25) is 21.8 Å². The Morgan fingerprint density at radius 1 is 1.16 bits per heavy atom. The number of fused-ring (bicyclic) bond motifs is 3. The van der Waals surface area contributed by atoms with Gasteiger partial charge >= 0.3 is 6.03 Å². The fourth-order valence-corrected chi connectivity index (χ4v) is 8.03. The Labute approximate surface area is 264 Å². The SMILES string of the molecule is COc1ccc2c(O[C@@H]3C[C@H]4C(=O)N[C@]5(C(=O)NS(=O)(=O)C6CC6)C[C@H]5C=CCCCCCNC(=O)N4C3)nccc2c1Br. The summed E-state index contributed by atoms with van der Waals surface area (Å²) in [6.45, 7) is 0.589. The molecular weight excluding hydrogens is 654 g/mol. The van der Waals surface area contributed by atoms with E-state index in [4.69, 9.17) is 9.47 Å². The Kier molecular flexibility index (Phi) is 8.48. The van der Waals surface area contributed by atoms with Gasteiger partial charge in [-0.3, -0.25) is 14.3 Å². The fourth-order valence-electron chi connectivity index (χ4n) is 6.02. The van der Waals surface area contributed by atoms with E-state index in [1.807, 2.05) is 24.3 Å². The van der Waals surface area contributed by atoms with E-state index >= 15 is 0 Å². The molecule has 0 radical (unpaired) electrons. The van der Waals surface area contributed by atoms with Gasteiger partial charge in [0, 0.05) is 35.9 Å². The lowest BCUT2D eigenvalue weighted by Crippen LogP contribution is -2.57. The number of nitrogens with zero attached hydrogens (tertiary/aromatic N) is 2. The molecule has 44 heavy (non-hydrogen) atoms. The van der Waals surface area contributed by atoms with E-state index in [0.29, 0.717) is 31.0 Å². The summed E-state index contributed by atoms with van der Waals surface area (Å²) in [4.78, 5) is 46.5. The van der Waals surface area contributed by atoms with Gasteiger partial charge in [0.25, 0.3) is 5.91 Å². The van der Waals surface area contributed by atoms with Gasteiger partial charge in [-0.05, 0) is 72.7 Å². The summed E-state index contributed by atoms with van der Waals surface area (Å²) in [5.74, 6) is -0.607. The third kappa shape index (κ3) is 6.10. The van der Waals surface area contributed by atoms with Crippen LogP contribution in [0.1, 0.15) is 51.4 Å². The standard InChI is InChI=1S/C30H36BrN5O7S/c1-42-24-11-10-22-21(25(24)31)12-14-32-27(22)43-19-15-23-26(37)34-30(28(38)35-44(40,41)20-8-9-20)16-18(30)7-5-3-2-4-6-13-33-29(39)36(23)17-19/h5,7,10-12,14,18-20,23H,2-4,6,8-9,13,15-17H2,1H3,(H,33,39)(H,34,37)(H,35,38)/t18-,19-,23+,30-/m1/s1. The lowest BCUT2D eigenvalue weighted by atomic mass is 10.1. The number of amides is 4. The monoisotopic (exact) mass is 689 g/mol. The van der Waals surface area contributed by atoms with Crippen LogP contribution in [0.15, 0.2) is 41.0 Å². The second kappa shape index (κ2) is 12.2. The highest BCUT2D eigenvalue weighted by Crippen LogP contribution is 2.46. The number of carbonyl (C=O) groups is 3.